The fourth-order valence-corrected chi connectivity index (χ4v) is 6.87. The van der Waals surface area contributed by atoms with E-state index >= 15 is 0 Å². The van der Waals surface area contributed by atoms with Crippen LogP contribution < -0.4 is 0 Å². The van der Waals surface area contributed by atoms with Gasteiger partial charge in [-0.15, -0.1) is 0 Å². The first-order chi connectivity index (χ1) is 19.6. The topological polar surface area (TPSA) is 3.24 Å². The summed E-state index contributed by atoms with van der Waals surface area (Å²) in [5.74, 6) is 0. The Morgan fingerprint density at radius 2 is 0.450 bits per heavy atom. The second-order valence-corrected chi connectivity index (χ2v) is 13.9. The van der Waals surface area contributed by atoms with Gasteiger partial charge in [0, 0.05) is 5.54 Å². The largest absolute Gasteiger partial charge is 0.304 e. The highest BCUT2D eigenvalue weighted by atomic mass is 15.1. The molecule has 0 radical (unpaired) electrons. The van der Waals surface area contributed by atoms with Crippen LogP contribution in [-0.2, 0) is 0 Å². The number of hydrogen-bond donors (Lipinski definition) is 0. The van der Waals surface area contributed by atoms with Crippen molar-refractivity contribution in [3.8, 4) is 0 Å². The zero-order valence-corrected chi connectivity index (χ0v) is 29.3. The molecule has 0 aromatic carbocycles. The third-order valence-electron chi connectivity index (χ3n) is 9.94. The molecule has 0 aliphatic carbocycles. The van der Waals surface area contributed by atoms with Crippen molar-refractivity contribution >= 4 is 0 Å². The molecule has 0 rings (SSSR count). The van der Waals surface area contributed by atoms with E-state index < -0.39 is 0 Å². The maximum Gasteiger partial charge on any atom is 0.0203 e. The molecule has 0 saturated carbocycles. The van der Waals surface area contributed by atoms with E-state index in [2.05, 4.69) is 39.8 Å². The van der Waals surface area contributed by atoms with Gasteiger partial charge in [-0.05, 0) is 33.4 Å². The van der Waals surface area contributed by atoms with Gasteiger partial charge < -0.3 is 4.90 Å². The summed E-state index contributed by atoms with van der Waals surface area (Å²) in [6, 6.07) is 0. The molecule has 0 spiro atoms. The molecular formula is C39H81N. The van der Waals surface area contributed by atoms with E-state index in [9.17, 15) is 0 Å². The lowest BCUT2D eigenvalue weighted by Gasteiger charge is -2.41. The van der Waals surface area contributed by atoms with Crippen LogP contribution in [0.5, 0.6) is 0 Å². The van der Waals surface area contributed by atoms with E-state index in [4.69, 9.17) is 0 Å². The normalized spacial score (nSPS) is 12.2. The van der Waals surface area contributed by atoms with Gasteiger partial charge in [0.05, 0.1) is 0 Å². The van der Waals surface area contributed by atoms with Gasteiger partial charge in [0.2, 0.25) is 0 Å². The van der Waals surface area contributed by atoms with Gasteiger partial charge in [0.15, 0.2) is 0 Å². The molecule has 0 saturated heterocycles. The van der Waals surface area contributed by atoms with Crippen LogP contribution in [0.1, 0.15) is 233 Å². The van der Waals surface area contributed by atoms with Gasteiger partial charge in [-0.2, -0.15) is 0 Å². The van der Waals surface area contributed by atoms with E-state index in [1.807, 2.05) is 0 Å². The first-order valence-electron chi connectivity index (χ1n) is 19.3. The highest BCUT2D eigenvalue weighted by Gasteiger charge is 2.30. The zero-order valence-electron chi connectivity index (χ0n) is 29.3. The van der Waals surface area contributed by atoms with Crippen LogP contribution in [-0.4, -0.2) is 24.5 Å². The second kappa shape index (κ2) is 31.9. The molecule has 0 bridgehead atoms. The van der Waals surface area contributed by atoms with Crippen molar-refractivity contribution in [2.75, 3.05) is 14.1 Å². The number of rotatable bonds is 34. The average Bonchev–Trinajstić information content (AvgIpc) is 2.95. The molecule has 1 nitrogen and oxygen atoms in total. The summed E-state index contributed by atoms with van der Waals surface area (Å²) in [6.07, 6.45) is 47.9. The first kappa shape index (κ1) is 40.0. The summed E-state index contributed by atoms with van der Waals surface area (Å²) >= 11 is 0. The Kier molecular flexibility index (Phi) is 31.9. The Morgan fingerprint density at radius 3 is 0.625 bits per heavy atom. The van der Waals surface area contributed by atoms with E-state index in [1.54, 1.807) is 0 Å². The molecule has 0 fully saturated rings. The van der Waals surface area contributed by atoms with E-state index in [-0.39, 0.29) is 0 Å². The number of nitrogens with zero attached hydrogens (tertiary/aromatic N) is 1. The van der Waals surface area contributed by atoms with Crippen molar-refractivity contribution in [3.05, 3.63) is 0 Å². The van der Waals surface area contributed by atoms with E-state index in [0.717, 1.165) is 0 Å². The molecule has 0 aliphatic heterocycles. The minimum Gasteiger partial charge on any atom is -0.304 e. The lowest BCUT2D eigenvalue weighted by molar-refractivity contribution is 0.104. The van der Waals surface area contributed by atoms with E-state index in [0.29, 0.717) is 5.54 Å². The molecule has 1 heteroatoms. The third-order valence-corrected chi connectivity index (χ3v) is 9.94. The molecule has 0 amide bonds. The molecule has 242 valence electrons. The Balaban J connectivity index is 4.38. The van der Waals surface area contributed by atoms with Gasteiger partial charge in [0.1, 0.15) is 0 Å². The van der Waals surface area contributed by atoms with Crippen molar-refractivity contribution in [3.63, 3.8) is 0 Å². The Labute approximate surface area is 256 Å². The monoisotopic (exact) mass is 564 g/mol. The summed E-state index contributed by atoms with van der Waals surface area (Å²) in [5, 5.41) is 0. The van der Waals surface area contributed by atoms with Gasteiger partial charge in [-0.3, -0.25) is 0 Å². The van der Waals surface area contributed by atoms with Crippen LogP contribution in [0.25, 0.3) is 0 Å². The Bertz CT molecular complexity index is 396. The summed E-state index contributed by atoms with van der Waals surface area (Å²) in [5.41, 5.74) is 0.459. The lowest BCUT2D eigenvalue weighted by atomic mass is 9.80. The first-order valence-corrected chi connectivity index (χ1v) is 19.3. The molecule has 0 atom stereocenters. The fraction of sp³-hybridized carbons (Fsp3) is 1.00. The second-order valence-electron chi connectivity index (χ2n) is 13.9. The van der Waals surface area contributed by atoms with Gasteiger partial charge >= 0.3 is 0 Å². The van der Waals surface area contributed by atoms with Crippen LogP contribution in [0.4, 0.5) is 0 Å². The van der Waals surface area contributed by atoms with E-state index in [1.165, 1.54) is 212 Å². The maximum atomic E-state index is 2.67. The van der Waals surface area contributed by atoms with Gasteiger partial charge in [-0.25, -0.2) is 0 Å². The molecule has 40 heavy (non-hydrogen) atoms. The minimum absolute atomic E-state index is 0.459. The van der Waals surface area contributed by atoms with Crippen molar-refractivity contribution < 1.29 is 0 Å². The van der Waals surface area contributed by atoms with Crippen molar-refractivity contribution in [1.29, 1.82) is 0 Å². The SMILES string of the molecule is CCCCCCCCCCCCC(CCCCCCCCCCCC)(CCCCCCCCCCCC)N(C)C. The molecule has 0 aromatic rings. The zero-order chi connectivity index (χ0) is 29.4. The molecule has 0 unspecified atom stereocenters. The van der Waals surface area contributed by atoms with Crippen LogP contribution >= 0.6 is 0 Å². The summed E-state index contributed by atoms with van der Waals surface area (Å²) in [7, 11) is 4.81. The van der Waals surface area contributed by atoms with Crippen molar-refractivity contribution in [1.82, 2.24) is 4.90 Å². The number of hydrogen-bond acceptors (Lipinski definition) is 1. The molecule has 0 aliphatic rings. The highest BCUT2D eigenvalue weighted by Crippen LogP contribution is 2.33. The predicted molar refractivity (Wildman–Crippen MR) is 186 cm³/mol. The molecular weight excluding hydrogens is 482 g/mol. The van der Waals surface area contributed by atoms with Crippen LogP contribution in [0.15, 0.2) is 0 Å². The smallest absolute Gasteiger partial charge is 0.0203 e. The standard InChI is InChI=1S/C39H81N/c1-6-9-12-15-18-21-24-27-30-33-36-39(40(4)5,37-34-31-28-25-22-19-16-13-10-7-2)38-35-32-29-26-23-20-17-14-11-8-3/h6-38H2,1-5H3. The van der Waals surface area contributed by atoms with Gasteiger partial charge in [-0.1, -0.05) is 213 Å². The van der Waals surface area contributed by atoms with Crippen LogP contribution in [0.3, 0.4) is 0 Å². The fourth-order valence-electron chi connectivity index (χ4n) is 6.87. The highest BCUT2D eigenvalue weighted by molar-refractivity contribution is 4.88. The summed E-state index contributed by atoms with van der Waals surface area (Å²) in [6.45, 7) is 6.96. The maximum absolute atomic E-state index is 2.67. The summed E-state index contributed by atoms with van der Waals surface area (Å²) < 4.78 is 0. The molecule has 0 aromatic heterocycles. The third kappa shape index (κ3) is 25.7. The lowest BCUT2D eigenvalue weighted by Crippen LogP contribution is -2.44. The van der Waals surface area contributed by atoms with Crippen LogP contribution in [0.2, 0.25) is 0 Å². The minimum atomic E-state index is 0.459. The van der Waals surface area contributed by atoms with Crippen LogP contribution in [0, 0.1) is 0 Å². The number of unbranched alkanes of at least 4 members (excludes halogenated alkanes) is 27. The summed E-state index contributed by atoms with van der Waals surface area (Å²) in [4.78, 5) is 2.67. The Hall–Kier alpha value is -0.0400. The Morgan fingerprint density at radius 1 is 0.275 bits per heavy atom. The molecule has 0 heterocycles. The average molecular weight is 564 g/mol. The van der Waals surface area contributed by atoms with Gasteiger partial charge in [0.25, 0.3) is 0 Å². The molecule has 0 N–H and O–H groups in total. The van der Waals surface area contributed by atoms with Crippen molar-refractivity contribution in [2.45, 2.75) is 238 Å². The quantitative estimate of drug-likeness (QED) is 0.0704. The van der Waals surface area contributed by atoms with Crippen molar-refractivity contribution in [2.24, 2.45) is 0 Å². The predicted octanol–water partition coefficient (Wildman–Crippen LogP) is 14.2.